The van der Waals surface area contributed by atoms with Crippen LogP contribution in [0.5, 0.6) is 0 Å². The molecule has 0 radical (unpaired) electrons. The van der Waals surface area contributed by atoms with E-state index in [1.165, 1.54) is 11.3 Å². The lowest BCUT2D eigenvalue weighted by Crippen LogP contribution is -2.15. The molecule has 0 amide bonds. The normalized spacial score (nSPS) is 10.5. The number of aryl methyl sites for hydroxylation is 2. The van der Waals surface area contributed by atoms with Crippen molar-refractivity contribution in [3.63, 3.8) is 0 Å². The topological polar surface area (TPSA) is 41.7 Å². The van der Waals surface area contributed by atoms with Crippen LogP contribution >= 0.6 is 11.3 Å². The van der Waals surface area contributed by atoms with Gasteiger partial charge in [0.1, 0.15) is 0 Å². The summed E-state index contributed by atoms with van der Waals surface area (Å²) in [5.74, 6) is 0. The molecule has 78 valence electrons. The summed E-state index contributed by atoms with van der Waals surface area (Å²) in [4.78, 5) is 4.84. The third kappa shape index (κ3) is 2.15. The minimum atomic E-state index is 0.591. The van der Waals surface area contributed by atoms with Gasteiger partial charge >= 0.3 is 0 Å². The van der Waals surface area contributed by atoms with Crippen molar-refractivity contribution in [1.82, 2.24) is 9.55 Å². The van der Waals surface area contributed by atoms with Crippen molar-refractivity contribution < 1.29 is 0 Å². The highest BCUT2D eigenvalue weighted by Crippen LogP contribution is 2.05. The number of rotatable bonds is 2. The zero-order valence-corrected chi connectivity index (χ0v) is 9.64. The van der Waals surface area contributed by atoms with Gasteiger partial charge in [-0.3, -0.25) is 10.4 Å². The van der Waals surface area contributed by atoms with Crippen LogP contribution in [-0.2, 0) is 6.54 Å². The standard InChI is InChI=1S/C11H13N3S/c1-8-3-4-10(5-13-8)6-14-9(2)7-15-11(14)12/h3-5,7,12H,6H2,1-2H3. The number of nitrogens with one attached hydrogen (secondary N) is 1. The highest BCUT2D eigenvalue weighted by Gasteiger charge is 2.01. The van der Waals surface area contributed by atoms with Gasteiger partial charge < -0.3 is 4.57 Å². The molecule has 1 N–H and O–H groups in total. The van der Waals surface area contributed by atoms with Crippen molar-refractivity contribution in [3.8, 4) is 0 Å². The first-order valence-corrected chi connectivity index (χ1v) is 5.66. The van der Waals surface area contributed by atoms with E-state index in [4.69, 9.17) is 5.41 Å². The highest BCUT2D eigenvalue weighted by molar-refractivity contribution is 7.07. The van der Waals surface area contributed by atoms with Gasteiger partial charge in [0.25, 0.3) is 0 Å². The van der Waals surface area contributed by atoms with E-state index in [0.717, 1.165) is 23.5 Å². The third-order valence-corrected chi connectivity index (χ3v) is 3.23. The van der Waals surface area contributed by atoms with Crippen LogP contribution in [0.2, 0.25) is 0 Å². The van der Waals surface area contributed by atoms with Crippen LogP contribution in [0.1, 0.15) is 17.0 Å². The Morgan fingerprint density at radius 1 is 1.40 bits per heavy atom. The number of nitrogens with zero attached hydrogens (tertiary/aromatic N) is 2. The van der Waals surface area contributed by atoms with Gasteiger partial charge in [-0.05, 0) is 25.5 Å². The second-order valence-electron chi connectivity index (χ2n) is 3.58. The summed E-state index contributed by atoms with van der Waals surface area (Å²) in [5.41, 5.74) is 3.29. The lowest BCUT2D eigenvalue weighted by atomic mass is 10.2. The van der Waals surface area contributed by atoms with E-state index in [1.807, 2.05) is 36.1 Å². The van der Waals surface area contributed by atoms with E-state index in [-0.39, 0.29) is 0 Å². The van der Waals surface area contributed by atoms with E-state index in [2.05, 4.69) is 11.1 Å². The van der Waals surface area contributed by atoms with Crippen LogP contribution in [0.15, 0.2) is 23.7 Å². The molecule has 0 saturated heterocycles. The maximum atomic E-state index is 7.74. The Balaban J connectivity index is 2.29. The van der Waals surface area contributed by atoms with Gasteiger partial charge in [-0.15, -0.1) is 11.3 Å². The number of thiazole rings is 1. The summed E-state index contributed by atoms with van der Waals surface area (Å²) < 4.78 is 1.98. The van der Waals surface area contributed by atoms with Gasteiger partial charge in [0.2, 0.25) is 0 Å². The molecule has 0 spiro atoms. The molecule has 0 bridgehead atoms. The molecular weight excluding hydrogens is 206 g/mol. The Labute approximate surface area is 92.6 Å². The summed E-state index contributed by atoms with van der Waals surface area (Å²) in [6.45, 7) is 4.74. The van der Waals surface area contributed by atoms with Crippen LogP contribution in [-0.4, -0.2) is 9.55 Å². The number of hydrogen-bond acceptors (Lipinski definition) is 3. The Morgan fingerprint density at radius 2 is 2.20 bits per heavy atom. The monoisotopic (exact) mass is 219 g/mol. The minimum Gasteiger partial charge on any atom is -0.317 e. The van der Waals surface area contributed by atoms with Gasteiger partial charge in [-0.2, -0.15) is 0 Å². The van der Waals surface area contributed by atoms with E-state index >= 15 is 0 Å². The molecule has 0 aliphatic rings. The molecule has 0 atom stereocenters. The van der Waals surface area contributed by atoms with Crippen LogP contribution in [0.4, 0.5) is 0 Å². The number of hydrogen-bond donors (Lipinski definition) is 1. The maximum absolute atomic E-state index is 7.74. The van der Waals surface area contributed by atoms with Gasteiger partial charge in [0, 0.05) is 23.0 Å². The molecule has 2 heterocycles. The fourth-order valence-electron chi connectivity index (χ4n) is 1.40. The minimum absolute atomic E-state index is 0.591. The first kappa shape index (κ1) is 10.1. The van der Waals surface area contributed by atoms with Crippen LogP contribution in [0.3, 0.4) is 0 Å². The van der Waals surface area contributed by atoms with Crippen molar-refractivity contribution in [2.45, 2.75) is 20.4 Å². The molecule has 2 rings (SSSR count). The van der Waals surface area contributed by atoms with Crippen LogP contribution in [0.25, 0.3) is 0 Å². The maximum Gasteiger partial charge on any atom is 0.182 e. The molecule has 0 aliphatic heterocycles. The largest absolute Gasteiger partial charge is 0.317 e. The first-order valence-electron chi connectivity index (χ1n) is 4.78. The summed E-state index contributed by atoms with van der Waals surface area (Å²) in [6.07, 6.45) is 1.87. The third-order valence-electron chi connectivity index (χ3n) is 2.33. The Morgan fingerprint density at radius 3 is 2.73 bits per heavy atom. The van der Waals surface area contributed by atoms with Crippen LogP contribution < -0.4 is 4.80 Å². The lowest BCUT2D eigenvalue weighted by Gasteiger charge is -2.05. The molecule has 0 aromatic carbocycles. The fraction of sp³-hybridized carbons (Fsp3) is 0.273. The molecule has 0 fully saturated rings. The molecule has 0 saturated carbocycles. The predicted octanol–water partition coefficient (Wildman–Crippen LogP) is 2.09. The number of pyridine rings is 1. The predicted molar refractivity (Wildman–Crippen MR) is 61.0 cm³/mol. The Bertz CT molecular complexity index is 507. The highest BCUT2D eigenvalue weighted by atomic mass is 32.1. The second-order valence-corrected chi connectivity index (χ2v) is 4.43. The zero-order valence-electron chi connectivity index (χ0n) is 8.82. The van der Waals surface area contributed by atoms with Gasteiger partial charge in [-0.25, -0.2) is 0 Å². The van der Waals surface area contributed by atoms with Crippen molar-refractivity contribution in [3.05, 3.63) is 45.5 Å². The van der Waals surface area contributed by atoms with Crippen molar-refractivity contribution in [1.29, 1.82) is 5.41 Å². The van der Waals surface area contributed by atoms with Gasteiger partial charge in [0.05, 0.1) is 6.54 Å². The SMILES string of the molecule is Cc1ccc(Cn2c(C)csc2=N)cn1. The quantitative estimate of drug-likeness (QED) is 0.825. The first-order chi connectivity index (χ1) is 7.16. The zero-order chi connectivity index (χ0) is 10.8. The average Bonchev–Trinajstić information content (AvgIpc) is 2.53. The summed E-state index contributed by atoms with van der Waals surface area (Å²) in [7, 11) is 0. The van der Waals surface area contributed by atoms with Crippen molar-refractivity contribution in [2.75, 3.05) is 0 Å². The summed E-state index contributed by atoms with van der Waals surface area (Å²) in [6, 6.07) is 4.06. The molecule has 0 aliphatic carbocycles. The molecule has 15 heavy (non-hydrogen) atoms. The fourth-order valence-corrected chi connectivity index (χ4v) is 2.14. The van der Waals surface area contributed by atoms with Gasteiger partial charge in [-0.1, -0.05) is 6.07 Å². The molecule has 3 nitrogen and oxygen atoms in total. The van der Waals surface area contributed by atoms with E-state index in [9.17, 15) is 0 Å². The summed E-state index contributed by atoms with van der Waals surface area (Å²) >= 11 is 1.46. The van der Waals surface area contributed by atoms with E-state index in [1.54, 1.807) is 0 Å². The smallest absolute Gasteiger partial charge is 0.182 e. The molecule has 4 heteroatoms. The van der Waals surface area contributed by atoms with Crippen molar-refractivity contribution >= 4 is 11.3 Å². The second kappa shape index (κ2) is 3.98. The van der Waals surface area contributed by atoms with Gasteiger partial charge in [0.15, 0.2) is 4.80 Å². The molecule has 0 unspecified atom stereocenters. The average molecular weight is 219 g/mol. The number of aromatic nitrogens is 2. The molecule has 2 aromatic heterocycles. The Kier molecular flexibility index (Phi) is 2.68. The van der Waals surface area contributed by atoms with E-state index in [0.29, 0.717) is 4.80 Å². The van der Waals surface area contributed by atoms with E-state index < -0.39 is 0 Å². The Hall–Kier alpha value is -1.42. The van der Waals surface area contributed by atoms with Crippen LogP contribution in [0, 0.1) is 19.3 Å². The molecule has 2 aromatic rings. The summed E-state index contributed by atoms with van der Waals surface area (Å²) in [5, 5.41) is 9.75. The van der Waals surface area contributed by atoms with Crippen molar-refractivity contribution in [2.24, 2.45) is 0 Å². The molecular formula is C11H13N3S. The lowest BCUT2D eigenvalue weighted by molar-refractivity contribution is 0.730.